The highest BCUT2D eigenvalue weighted by atomic mass is 19.4. The molecule has 13 nitrogen and oxygen atoms in total. The summed E-state index contributed by atoms with van der Waals surface area (Å²) in [5.41, 5.74) is -0.615. The van der Waals surface area contributed by atoms with Crippen LogP contribution in [0.2, 0.25) is 0 Å². The molecule has 1 aromatic heterocycles. The molecule has 16 heteroatoms. The molecule has 3 rings (SSSR count). The third-order valence-corrected chi connectivity index (χ3v) is 6.92. The van der Waals surface area contributed by atoms with Gasteiger partial charge in [-0.3, -0.25) is 9.59 Å². The molecule has 1 amide bonds. The van der Waals surface area contributed by atoms with Crippen molar-refractivity contribution in [1.82, 2.24) is 10.3 Å². The minimum Gasteiger partial charge on any atom is -0.493 e. The number of alkyl halides is 3. The summed E-state index contributed by atoms with van der Waals surface area (Å²) < 4.78 is 76.9. The van der Waals surface area contributed by atoms with Crippen LogP contribution in [0.15, 0.2) is 36.5 Å². The van der Waals surface area contributed by atoms with Gasteiger partial charge in [0.1, 0.15) is 18.8 Å². The molecule has 0 aliphatic carbocycles. The molecule has 4 atom stereocenters. The van der Waals surface area contributed by atoms with Crippen LogP contribution < -0.4 is 14.8 Å². The van der Waals surface area contributed by atoms with E-state index in [2.05, 4.69) is 10.3 Å². The number of methoxy groups -OCH3 is 1. The van der Waals surface area contributed by atoms with E-state index in [1.54, 1.807) is 13.8 Å². The van der Waals surface area contributed by atoms with Crippen molar-refractivity contribution >= 4 is 23.8 Å². The van der Waals surface area contributed by atoms with Crippen LogP contribution in [-0.4, -0.2) is 87.4 Å². The minimum atomic E-state index is -4.51. The molecule has 258 valence electrons. The maximum absolute atomic E-state index is 13.4. The van der Waals surface area contributed by atoms with Crippen molar-refractivity contribution in [3.63, 3.8) is 0 Å². The van der Waals surface area contributed by atoms with Crippen molar-refractivity contribution in [1.29, 1.82) is 0 Å². The first-order valence-electron chi connectivity index (χ1n) is 14.7. The van der Waals surface area contributed by atoms with E-state index in [4.69, 9.17) is 33.2 Å². The lowest BCUT2D eigenvalue weighted by atomic mass is 9.91. The molecular weight excluding hydrogens is 633 g/mol. The van der Waals surface area contributed by atoms with Gasteiger partial charge in [-0.2, -0.15) is 13.2 Å². The van der Waals surface area contributed by atoms with Crippen molar-refractivity contribution in [3.05, 3.63) is 53.3 Å². The number of aromatic nitrogens is 1. The second-order valence-electron chi connectivity index (χ2n) is 10.3. The third kappa shape index (κ3) is 10.8. The normalized spacial score (nSPS) is 20.1. The summed E-state index contributed by atoms with van der Waals surface area (Å²) in [4.78, 5) is 54.7. The lowest BCUT2D eigenvalue weighted by Crippen LogP contribution is -2.46. The number of esters is 3. The van der Waals surface area contributed by atoms with Crippen LogP contribution in [0.5, 0.6) is 11.5 Å². The molecule has 1 aliphatic rings. The molecule has 0 bridgehead atoms. The minimum absolute atomic E-state index is 0.0212. The first-order valence-corrected chi connectivity index (χ1v) is 14.7. The lowest BCUT2D eigenvalue weighted by Gasteiger charge is -2.30. The number of hydrogen-bond donors (Lipinski definition) is 1. The first kappa shape index (κ1) is 37.0. The van der Waals surface area contributed by atoms with Gasteiger partial charge in [-0.25, -0.2) is 14.6 Å². The fraction of sp³-hybridized carbons (Fsp3) is 0.516. The molecule has 0 radical (unpaired) electrons. The van der Waals surface area contributed by atoms with Gasteiger partial charge >= 0.3 is 24.1 Å². The molecule has 47 heavy (non-hydrogen) atoms. The van der Waals surface area contributed by atoms with E-state index in [0.29, 0.717) is 12.2 Å². The van der Waals surface area contributed by atoms with Crippen LogP contribution in [0, 0.1) is 5.92 Å². The van der Waals surface area contributed by atoms with Crippen molar-refractivity contribution in [2.75, 3.05) is 40.3 Å². The van der Waals surface area contributed by atoms with Crippen LogP contribution in [-0.2, 0) is 50.7 Å². The molecule has 1 saturated heterocycles. The van der Waals surface area contributed by atoms with E-state index in [0.717, 1.165) is 12.1 Å². The summed E-state index contributed by atoms with van der Waals surface area (Å²) in [7, 11) is 1.32. The lowest BCUT2D eigenvalue weighted by molar-refractivity contribution is -0.171. The Labute approximate surface area is 268 Å². The fourth-order valence-electron chi connectivity index (χ4n) is 4.55. The first-order chi connectivity index (χ1) is 22.4. The van der Waals surface area contributed by atoms with E-state index < -0.39 is 66.5 Å². The number of halogens is 3. The van der Waals surface area contributed by atoms with Crippen molar-refractivity contribution < 1.29 is 65.5 Å². The molecule has 2 aromatic rings. The largest absolute Gasteiger partial charge is 0.493 e. The van der Waals surface area contributed by atoms with E-state index in [-0.39, 0.29) is 49.9 Å². The Morgan fingerprint density at radius 1 is 1.06 bits per heavy atom. The van der Waals surface area contributed by atoms with Gasteiger partial charge in [-0.05, 0) is 38.0 Å². The van der Waals surface area contributed by atoms with Crippen LogP contribution in [0.3, 0.4) is 0 Å². The number of rotatable bonds is 13. The number of hydrogen-bond acceptors (Lipinski definition) is 12. The summed E-state index contributed by atoms with van der Waals surface area (Å²) in [6.07, 6.45) is -5.15. The molecular formula is C31H37F3N2O11. The smallest absolute Gasteiger partial charge is 0.416 e. The Morgan fingerprint density at radius 2 is 1.79 bits per heavy atom. The Bertz CT molecular complexity index is 1370. The molecule has 1 fully saturated rings. The monoisotopic (exact) mass is 670 g/mol. The average Bonchev–Trinajstić information content (AvgIpc) is 3.08. The number of amides is 1. The van der Waals surface area contributed by atoms with E-state index in [9.17, 15) is 32.3 Å². The maximum Gasteiger partial charge on any atom is 0.416 e. The number of cyclic esters (lactones) is 1. The molecule has 2 heterocycles. The van der Waals surface area contributed by atoms with Crippen LogP contribution >= 0.6 is 0 Å². The molecule has 1 N–H and O–H groups in total. The second-order valence-corrected chi connectivity index (χ2v) is 10.3. The van der Waals surface area contributed by atoms with E-state index in [1.807, 2.05) is 0 Å². The Balaban J connectivity index is 1.78. The van der Waals surface area contributed by atoms with Gasteiger partial charge in [0.15, 0.2) is 23.2 Å². The highest BCUT2D eigenvalue weighted by Gasteiger charge is 2.38. The second kappa shape index (κ2) is 17.5. The van der Waals surface area contributed by atoms with E-state index >= 15 is 0 Å². The van der Waals surface area contributed by atoms with Gasteiger partial charge in [-0.1, -0.05) is 19.1 Å². The highest BCUT2D eigenvalue weighted by molar-refractivity contribution is 5.98. The van der Waals surface area contributed by atoms with Crippen molar-refractivity contribution in [3.8, 4) is 11.5 Å². The van der Waals surface area contributed by atoms with Crippen molar-refractivity contribution in [2.45, 2.75) is 58.0 Å². The summed E-state index contributed by atoms with van der Waals surface area (Å²) in [5.74, 6) is -3.81. The zero-order valence-corrected chi connectivity index (χ0v) is 26.3. The Kier molecular flexibility index (Phi) is 13.8. The summed E-state index contributed by atoms with van der Waals surface area (Å²) in [6, 6.07) is 4.57. The van der Waals surface area contributed by atoms with Gasteiger partial charge in [0.2, 0.25) is 6.79 Å². The fourth-order valence-corrected chi connectivity index (χ4v) is 4.55. The van der Waals surface area contributed by atoms with Gasteiger partial charge in [0, 0.05) is 31.2 Å². The van der Waals surface area contributed by atoms with Crippen LogP contribution in [0.4, 0.5) is 13.2 Å². The van der Waals surface area contributed by atoms with Gasteiger partial charge in [0.05, 0.1) is 25.9 Å². The summed E-state index contributed by atoms with van der Waals surface area (Å²) in [5, 5.41) is 2.49. The average molecular weight is 671 g/mol. The SMILES string of the molecule is CCOCC(=O)OCOc1c(OC)ccnc1C(=O)N[C@H]1COC[C@H](Cc2ccc(C(F)(F)F)cc2)[C@@H](OC(=O)CC)[C@H](C)OC1=O. The predicted octanol–water partition coefficient (Wildman–Crippen LogP) is 3.27. The predicted molar refractivity (Wildman–Crippen MR) is 155 cm³/mol. The van der Waals surface area contributed by atoms with Gasteiger partial charge < -0.3 is 38.5 Å². The van der Waals surface area contributed by atoms with Gasteiger partial charge in [-0.15, -0.1) is 0 Å². The molecule has 0 spiro atoms. The number of carbonyl (C=O) groups is 4. The molecule has 0 saturated carbocycles. The summed E-state index contributed by atoms with van der Waals surface area (Å²) in [6.45, 7) is 3.71. The number of ether oxygens (including phenoxy) is 7. The molecule has 1 aromatic carbocycles. The molecule has 1 aliphatic heterocycles. The van der Waals surface area contributed by atoms with Crippen LogP contribution in [0.1, 0.15) is 48.8 Å². The number of benzene rings is 1. The zero-order chi connectivity index (χ0) is 34.6. The summed E-state index contributed by atoms with van der Waals surface area (Å²) >= 11 is 0. The standard InChI is InChI=1S/C31H37F3N2O11/c1-5-24(37)47-27-18(3)46-30(40)22(15-43-14-20(27)13-19-7-9-21(10-8-19)31(32,33)34)36-29(39)26-28(23(41-4)11-12-35-26)45-17-44-25(38)16-42-6-2/h7-12,18,20,22,27H,5-6,13-17H2,1-4H3,(H,36,39)/t18-,20-,22-,27-/m0/s1. The number of pyridine rings is 1. The third-order valence-electron chi connectivity index (χ3n) is 6.92. The Morgan fingerprint density at radius 3 is 2.43 bits per heavy atom. The topological polar surface area (TPSA) is 158 Å². The van der Waals surface area contributed by atoms with Gasteiger partial charge in [0.25, 0.3) is 5.91 Å². The molecule has 0 unspecified atom stereocenters. The number of nitrogens with one attached hydrogen (secondary N) is 1. The highest BCUT2D eigenvalue weighted by Crippen LogP contribution is 2.31. The van der Waals surface area contributed by atoms with Crippen LogP contribution in [0.25, 0.3) is 0 Å². The Hall–Kier alpha value is -4.44. The van der Waals surface area contributed by atoms with E-state index in [1.165, 1.54) is 38.4 Å². The zero-order valence-electron chi connectivity index (χ0n) is 26.3. The van der Waals surface area contributed by atoms with Crippen molar-refractivity contribution in [2.24, 2.45) is 5.92 Å². The maximum atomic E-state index is 13.4. The number of carbonyl (C=O) groups excluding carboxylic acids is 4. The number of nitrogens with zero attached hydrogens (tertiary/aromatic N) is 1. The quantitative estimate of drug-likeness (QED) is 0.189.